The smallest absolute Gasteiger partial charge is 0.302 e. The van der Waals surface area contributed by atoms with E-state index in [1.54, 1.807) is 42.5 Å². The number of fused-ring (bicyclic) bond motifs is 1. The maximum absolute atomic E-state index is 13.4. The second-order valence-electron chi connectivity index (χ2n) is 7.06. The van der Waals surface area contributed by atoms with Gasteiger partial charge in [0.15, 0.2) is 5.43 Å². The highest BCUT2D eigenvalue weighted by molar-refractivity contribution is 6.05. The lowest BCUT2D eigenvalue weighted by Gasteiger charge is -2.12. The van der Waals surface area contributed by atoms with E-state index >= 15 is 0 Å². The molecule has 0 aliphatic carbocycles. The lowest BCUT2D eigenvalue weighted by atomic mass is 10.0. The number of ether oxygens (including phenoxy) is 1. The van der Waals surface area contributed by atoms with Crippen molar-refractivity contribution >= 4 is 28.5 Å². The molecule has 4 aromatic rings. The van der Waals surface area contributed by atoms with Gasteiger partial charge in [0.25, 0.3) is 5.91 Å². The van der Waals surface area contributed by atoms with Crippen molar-refractivity contribution in [3.8, 4) is 11.3 Å². The summed E-state index contributed by atoms with van der Waals surface area (Å²) in [6.45, 7) is 0.929. The molecule has 1 amide bonds. The summed E-state index contributed by atoms with van der Waals surface area (Å²) in [5.74, 6) is -1.13. The standard InChI is InChI=1S/C25H18FNO5/c1-15(28)31-14-21-23(29)20-13-19(27-25(30)17-5-3-2-4-6-17)11-12-22(20)32-24(21)16-7-9-18(26)10-8-16/h2-13H,14H2,1H3,(H,27,30). The summed E-state index contributed by atoms with van der Waals surface area (Å²) in [6, 6.07) is 18.8. The van der Waals surface area contributed by atoms with Crippen molar-refractivity contribution < 1.29 is 23.1 Å². The molecule has 1 aromatic heterocycles. The molecule has 32 heavy (non-hydrogen) atoms. The van der Waals surface area contributed by atoms with Crippen LogP contribution in [0.1, 0.15) is 22.8 Å². The van der Waals surface area contributed by atoms with Gasteiger partial charge in [-0.15, -0.1) is 0 Å². The van der Waals surface area contributed by atoms with E-state index in [9.17, 15) is 18.8 Å². The molecular formula is C25H18FNO5. The van der Waals surface area contributed by atoms with Crippen molar-refractivity contribution in [1.82, 2.24) is 0 Å². The van der Waals surface area contributed by atoms with Crippen LogP contribution in [0.3, 0.4) is 0 Å². The fourth-order valence-corrected chi connectivity index (χ4v) is 3.24. The van der Waals surface area contributed by atoms with Crippen LogP contribution < -0.4 is 10.7 Å². The summed E-state index contributed by atoms with van der Waals surface area (Å²) < 4.78 is 24.4. The van der Waals surface area contributed by atoms with Gasteiger partial charge in [-0.3, -0.25) is 14.4 Å². The van der Waals surface area contributed by atoms with E-state index in [0.29, 0.717) is 16.8 Å². The maximum atomic E-state index is 13.4. The first-order valence-electron chi connectivity index (χ1n) is 9.78. The van der Waals surface area contributed by atoms with Gasteiger partial charge in [0.2, 0.25) is 0 Å². The quantitative estimate of drug-likeness (QED) is 0.454. The Balaban J connectivity index is 1.79. The van der Waals surface area contributed by atoms with Crippen LogP contribution in [-0.2, 0) is 16.1 Å². The average molecular weight is 431 g/mol. The molecule has 7 heteroatoms. The van der Waals surface area contributed by atoms with Crippen LogP contribution in [0.5, 0.6) is 0 Å². The number of carbonyl (C=O) groups excluding carboxylic acids is 2. The number of benzene rings is 3. The van der Waals surface area contributed by atoms with Crippen LogP contribution in [0.15, 0.2) is 82.0 Å². The number of esters is 1. The first-order valence-corrected chi connectivity index (χ1v) is 9.78. The summed E-state index contributed by atoms with van der Waals surface area (Å²) in [7, 11) is 0. The number of anilines is 1. The van der Waals surface area contributed by atoms with Crippen LogP contribution in [0.25, 0.3) is 22.3 Å². The predicted molar refractivity (Wildman–Crippen MR) is 118 cm³/mol. The number of amides is 1. The number of nitrogens with one attached hydrogen (secondary N) is 1. The minimum Gasteiger partial charge on any atom is -0.461 e. The van der Waals surface area contributed by atoms with Crippen molar-refractivity contribution in [3.05, 3.63) is 100.0 Å². The van der Waals surface area contributed by atoms with Gasteiger partial charge in [0, 0.05) is 23.7 Å². The first-order chi connectivity index (χ1) is 15.4. The molecule has 0 radical (unpaired) electrons. The third kappa shape index (κ3) is 4.41. The van der Waals surface area contributed by atoms with Gasteiger partial charge < -0.3 is 14.5 Å². The molecule has 1 N–H and O–H groups in total. The molecule has 0 unspecified atom stereocenters. The third-order valence-corrected chi connectivity index (χ3v) is 4.80. The Morgan fingerprint density at radius 2 is 1.72 bits per heavy atom. The molecular weight excluding hydrogens is 413 g/mol. The van der Waals surface area contributed by atoms with Gasteiger partial charge >= 0.3 is 5.97 Å². The molecule has 0 saturated heterocycles. The number of rotatable bonds is 5. The molecule has 0 aliphatic heterocycles. The Bertz CT molecular complexity index is 1360. The molecule has 1 heterocycles. The van der Waals surface area contributed by atoms with Gasteiger partial charge in [-0.05, 0) is 54.6 Å². The van der Waals surface area contributed by atoms with Crippen molar-refractivity contribution in [2.45, 2.75) is 13.5 Å². The van der Waals surface area contributed by atoms with E-state index in [2.05, 4.69) is 5.32 Å². The minimum atomic E-state index is -0.557. The highest BCUT2D eigenvalue weighted by Crippen LogP contribution is 2.28. The van der Waals surface area contributed by atoms with Gasteiger partial charge in [0.1, 0.15) is 23.8 Å². The Labute approximate surface area is 182 Å². The summed E-state index contributed by atoms with van der Waals surface area (Å²) >= 11 is 0. The zero-order chi connectivity index (χ0) is 22.7. The number of hydrogen-bond acceptors (Lipinski definition) is 5. The number of halogens is 1. The van der Waals surface area contributed by atoms with Crippen LogP contribution in [-0.4, -0.2) is 11.9 Å². The average Bonchev–Trinajstić information content (AvgIpc) is 2.79. The van der Waals surface area contributed by atoms with Gasteiger partial charge in [0.05, 0.1) is 10.9 Å². The minimum absolute atomic E-state index is 0.117. The summed E-state index contributed by atoms with van der Waals surface area (Å²) in [4.78, 5) is 37.1. The van der Waals surface area contributed by atoms with Crippen molar-refractivity contribution in [1.29, 1.82) is 0 Å². The molecule has 0 spiro atoms. The lowest BCUT2D eigenvalue weighted by molar-refractivity contribution is -0.142. The van der Waals surface area contributed by atoms with E-state index in [0.717, 1.165) is 0 Å². The monoisotopic (exact) mass is 431 g/mol. The summed E-state index contributed by atoms with van der Waals surface area (Å²) in [5, 5.41) is 2.97. The molecule has 0 atom stereocenters. The molecule has 160 valence electrons. The second-order valence-corrected chi connectivity index (χ2v) is 7.06. The fourth-order valence-electron chi connectivity index (χ4n) is 3.24. The maximum Gasteiger partial charge on any atom is 0.302 e. The van der Waals surface area contributed by atoms with Crippen LogP contribution in [0.2, 0.25) is 0 Å². The van der Waals surface area contributed by atoms with Crippen LogP contribution >= 0.6 is 0 Å². The van der Waals surface area contributed by atoms with E-state index in [-0.39, 0.29) is 34.8 Å². The topological polar surface area (TPSA) is 85.6 Å². The van der Waals surface area contributed by atoms with Gasteiger partial charge in [-0.2, -0.15) is 0 Å². The zero-order valence-electron chi connectivity index (χ0n) is 17.1. The molecule has 3 aromatic carbocycles. The molecule has 4 rings (SSSR count). The predicted octanol–water partition coefficient (Wildman–Crippen LogP) is 4.91. The Morgan fingerprint density at radius 1 is 1.00 bits per heavy atom. The van der Waals surface area contributed by atoms with Crippen LogP contribution in [0, 0.1) is 5.82 Å². The largest absolute Gasteiger partial charge is 0.461 e. The lowest BCUT2D eigenvalue weighted by Crippen LogP contribution is -2.15. The van der Waals surface area contributed by atoms with Gasteiger partial charge in [-0.1, -0.05) is 18.2 Å². The molecule has 0 saturated carbocycles. The van der Waals surface area contributed by atoms with Crippen molar-refractivity contribution in [3.63, 3.8) is 0 Å². The van der Waals surface area contributed by atoms with E-state index < -0.39 is 17.2 Å². The Morgan fingerprint density at radius 3 is 2.41 bits per heavy atom. The first kappa shape index (κ1) is 21.0. The summed E-state index contributed by atoms with van der Waals surface area (Å²) in [5.41, 5.74) is 1.33. The van der Waals surface area contributed by atoms with E-state index in [1.807, 2.05) is 0 Å². The third-order valence-electron chi connectivity index (χ3n) is 4.80. The highest BCUT2D eigenvalue weighted by Gasteiger charge is 2.18. The normalized spacial score (nSPS) is 10.7. The Kier molecular flexibility index (Phi) is 5.81. The van der Waals surface area contributed by atoms with E-state index in [4.69, 9.17) is 9.15 Å². The molecule has 0 fully saturated rings. The SMILES string of the molecule is CC(=O)OCc1c(-c2ccc(F)cc2)oc2ccc(NC(=O)c3ccccc3)cc2c1=O. The fraction of sp³-hybridized carbons (Fsp3) is 0.0800. The Hall–Kier alpha value is -4.26. The highest BCUT2D eigenvalue weighted by atomic mass is 19.1. The second kappa shape index (κ2) is 8.85. The molecule has 0 bridgehead atoms. The van der Waals surface area contributed by atoms with Gasteiger partial charge in [-0.25, -0.2) is 4.39 Å². The zero-order valence-corrected chi connectivity index (χ0v) is 17.1. The van der Waals surface area contributed by atoms with Crippen molar-refractivity contribution in [2.75, 3.05) is 5.32 Å². The van der Waals surface area contributed by atoms with E-state index in [1.165, 1.54) is 37.3 Å². The van der Waals surface area contributed by atoms with Crippen LogP contribution in [0.4, 0.5) is 10.1 Å². The number of carbonyl (C=O) groups is 2. The summed E-state index contributed by atoms with van der Waals surface area (Å²) in [6.07, 6.45) is 0. The molecule has 6 nitrogen and oxygen atoms in total. The van der Waals surface area contributed by atoms with Crippen molar-refractivity contribution in [2.24, 2.45) is 0 Å². The molecule has 0 aliphatic rings. The number of hydrogen-bond donors (Lipinski definition) is 1.